The van der Waals surface area contributed by atoms with E-state index < -0.39 is 0 Å². The lowest BCUT2D eigenvalue weighted by molar-refractivity contribution is 1.02. The van der Waals surface area contributed by atoms with Crippen LogP contribution in [0, 0.1) is 6.92 Å². The molecule has 1 aromatic heterocycles. The van der Waals surface area contributed by atoms with Gasteiger partial charge >= 0.3 is 0 Å². The zero-order chi connectivity index (χ0) is 17.2. The first-order valence-electron chi connectivity index (χ1n) is 8.33. The van der Waals surface area contributed by atoms with Crippen molar-refractivity contribution in [2.75, 3.05) is 0 Å². The van der Waals surface area contributed by atoms with Crippen molar-refractivity contribution in [3.63, 3.8) is 0 Å². The number of halogens is 1. The third kappa shape index (κ3) is 2.99. The van der Waals surface area contributed by atoms with Gasteiger partial charge in [0.1, 0.15) is 0 Å². The molecule has 0 saturated carbocycles. The molecule has 1 heterocycles. The molecule has 0 amide bonds. The van der Waals surface area contributed by atoms with Gasteiger partial charge < -0.3 is 4.57 Å². The van der Waals surface area contributed by atoms with Gasteiger partial charge in [0.15, 0.2) is 0 Å². The van der Waals surface area contributed by atoms with Gasteiger partial charge in [-0.15, -0.1) is 0 Å². The highest BCUT2D eigenvalue weighted by atomic mass is 35.5. The van der Waals surface area contributed by atoms with Crippen molar-refractivity contribution in [2.24, 2.45) is 0 Å². The molecule has 0 aliphatic rings. The van der Waals surface area contributed by atoms with Crippen LogP contribution in [0.25, 0.3) is 28.1 Å². The highest BCUT2D eigenvalue weighted by Gasteiger charge is 2.15. The van der Waals surface area contributed by atoms with Crippen LogP contribution in [0.1, 0.15) is 5.69 Å². The molecule has 0 bridgehead atoms. The molecule has 0 atom stereocenters. The molecule has 1 nitrogen and oxygen atoms in total. The first-order valence-corrected chi connectivity index (χ1v) is 8.71. The highest BCUT2D eigenvalue weighted by molar-refractivity contribution is 6.30. The van der Waals surface area contributed by atoms with Crippen molar-refractivity contribution >= 4 is 11.6 Å². The minimum Gasteiger partial charge on any atom is -0.313 e. The van der Waals surface area contributed by atoms with Crippen molar-refractivity contribution in [3.05, 3.63) is 102 Å². The number of aromatic nitrogens is 1. The summed E-state index contributed by atoms with van der Waals surface area (Å²) in [5, 5.41) is 0.748. The van der Waals surface area contributed by atoms with Gasteiger partial charge in [0.05, 0.1) is 5.69 Å². The van der Waals surface area contributed by atoms with Crippen LogP contribution in [0.3, 0.4) is 0 Å². The normalized spacial score (nSPS) is 10.8. The van der Waals surface area contributed by atoms with E-state index in [0.29, 0.717) is 0 Å². The Morgan fingerprint density at radius 1 is 0.680 bits per heavy atom. The standard InChI is InChI=1S/C23H18ClN/c1-17-22(18-8-4-2-5-9-18)16-23(19-10-6-3-7-11-19)25(17)21-14-12-20(24)13-15-21/h2-16H,1H3. The average Bonchev–Trinajstić information content (AvgIpc) is 3.01. The number of nitrogens with zero attached hydrogens (tertiary/aromatic N) is 1. The van der Waals surface area contributed by atoms with Crippen molar-refractivity contribution in [1.82, 2.24) is 4.57 Å². The van der Waals surface area contributed by atoms with Gasteiger partial charge in [-0.05, 0) is 48.4 Å². The second-order valence-electron chi connectivity index (χ2n) is 6.07. The molecule has 4 aromatic rings. The molecule has 0 radical (unpaired) electrons. The molecule has 2 heteroatoms. The summed E-state index contributed by atoms with van der Waals surface area (Å²) >= 11 is 6.09. The maximum atomic E-state index is 6.09. The molecule has 122 valence electrons. The molecule has 0 N–H and O–H groups in total. The van der Waals surface area contributed by atoms with E-state index in [4.69, 9.17) is 11.6 Å². The van der Waals surface area contributed by atoms with Gasteiger partial charge in [0.25, 0.3) is 0 Å². The van der Waals surface area contributed by atoms with Crippen LogP contribution in [-0.2, 0) is 0 Å². The third-order valence-electron chi connectivity index (χ3n) is 4.49. The molecule has 0 fully saturated rings. The number of hydrogen-bond acceptors (Lipinski definition) is 0. The maximum Gasteiger partial charge on any atom is 0.0537 e. The van der Waals surface area contributed by atoms with E-state index in [1.165, 1.54) is 28.1 Å². The fourth-order valence-corrected chi connectivity index (χ4v) is 3.39. The Balaban J connectivity index is 1.97. The van der Waals surface area contributed by atoms with E-state index in [9.17, 15) is 0 Å². The molecule has 0 unspecified atom stereocenters. The Labute approximate surface area is 153 Å². The molecular formula is C23H18ClN. The van der Waals surface area contributed by atoms with Crippen LogP contribution in [0.2, 0.25) is 5.02 Å². The first-order chi connectivity index (χ1) is 12.2. The fraction of sp³-hybridized carbons (Fsp3) is 0.0435. The molecule has 0 aliphatic heterocycles. The van der Waals surface area contributed by atoms with Crippen LogP contribution in [0.5, 0.6) is 0 Å². The fourth-order valence-electron chi connectivity index (χ4n) is 3.26. The minimum atomic E-state index is 0.748. The Morgan fingerprint density at radius 3 is 1.84 bits per heavy atom. The van der Waals surface area contributed by atoms with Gasteiger partial charge in [-0.1, -0.05) is 72.3 Å². The van der Waals surface area contributed by atoms with Gasteiger partial charge in [-0.3, -0.25) is 0 Å². The summed E-state index contributed by atoms with van der Waals surface area (Å²) in [6, 6.07) is 31.3. The maximum absolute atomic E-state index is 6.09. The SMILES string of the molecule is Cc1c(-c2ccccc2)cc(-c2ccccc2)n1-c1ccc(Cl)cc1. The third-order valence-corrected chi connectivity index (χ3v) is 4.74. The predicted molar refractivity (Wildman–Crippen MR) is 106 cm³/mol. The zero-order valence-corrected chi connectivity index (χ0v) is 14.7. The Kier molecular flexibility index (Phi) is 4.17. The smallest absolute Gasteiger partial charge is 0.0537 e. The zero-order valence-electron chi connectivity index (χ0n) is 14.0. The monoisotopic (exact) mass is 343 g/mol. The Bertz CT molecular complexity index is 984. The summed E-state index contributed by atoms with van der Waals surface area (Å²) in [6.45, 7) is 2.17. The van der Waals surface area contributed by atoms with E-state index >= 15 is 0 Å². The molecule has 0 saturated heterocycles. The quantitative estimate of drug-likeness (QED) is 0.386. The largest absolute Gasteiger partial charge is 0.313 e. The first kappa shape index (κ1) is 15.7. The van der Waals surface area contributed by atoms with E-state index in [2.05, 4.69) is 78.2 Å². The van der Waals surface area contributed by atoms with Gasteiger partial charge in [-0.2, -0.15) is 0 Å². The second-order valence-corrected chi connectivity index (χ2v) is 6.51. The Morgan fingerprint density at radius 2 is 1.24 bits per heavy atom. The predicted octanol–water partition coefficient (Wildman–Crippen LogP) is 6.77. The van der Waals surface area contributed by atoms with Crippen molar-refractivity contribution < 1.29 is 0 Å². The Hall–Kier alpha value is -2.77. The second kappa shape index (κ2) is 6.62. The van der Waals surface area contributed by atoms with E-state index in [1.54, 1.807) is 0 Å². The van der Waals surface area contributed by atoms with Gasteiger partial charge in [0, 0.05) is 22.0 Å². The molecule has 3 aromatic carbocycles. The van der Waals surface area contributed by atoms with Crippen LogP contribution in [-0.4, -0.2) is 4.57 Å². The lowest BCUT2D eigenvalue weighted by Gasteiger charge is -2.12. The lowest BCUT2D eigenvalue weighted by Crippen LogP contribution is -1.99. The summed E-state index contributed by atoms with van der Waals surface area (Å²) < 4.78 is 2.30. The number of rotatable bonds is 3. The molecule has 25 heavy (non-hydrogen) atoms. The summed E-state index contributed by atoms with van der Waals surface area (Å²) in [5.74, 6) is 0. The molecule has 4 rings (SSSR count). The summed E-state index contributed by atoms with van der Waals surface area (Å²) in [4.78, 5) is 0. The summed E-state index contributed by atoms with van der Waals surface area (Å²) in [5.41, 5.74) is 7.18. The van der Waals surface area contributed by atoms with Crippen LogP contribution in [0.15, 0.2) is 91.0 Å². The van der Waals surface area contributed by atoms with Crippen molar-refractivity contribution in [2.45, 2.75) is 6.92 Å². The van der Waals surface area contributed by atoms with Crippen LogP contribution < -0.4 is 0 Å². The van der Waals surface area contributed by atoms with Crippen molar-refractivity contribution in [1.29, 1.82) is 0 Å². The molecular weight excluding hydrogens is 326 g/mol. The average molecular weight is 344 g/mol. The van der Waals surface area contributed by atoms with E-state index in [0.717, 1.165) is 10.7 Å². The van der Waals surface area contributed by atoms with Crippen LogP contribution in [0.4, 0.5) is 0 Å². The van der Waals surface area contributed by atoms with E-state index in [1.807, 2.05) is 24.3 Å². The minimum absolute atomic E-state index is 0.748. The molecule has 0 spiro atoms. The van der Waals surface area contributed by atoms with Gasteiger partial charge in [-0.25, -0.2) is 0 Å². The molecule has 0 aliphatic carbocycles. The highest BCUT2D eigenvalue weighted by Crippen LogP contribution is 2.35. The summed E-state index contributed by atoms with van der Waals surface area (Å²) in [7, 11) is 0. The lowest BCUT2D eigenvalue weighted by atomic mass is 10.1. The number of benzene rings is 3. The van der Waals surface area contributed by atoms with Crippen LogP contribution >= 0.6 is 11.6 Å². The van der Waals surface area contributed by atoms with Crippen molar-refractivity contribution in [3.8, 4) is 28.1 Å². The number of hydrogen-bond donors (Lipinski definition) is 0. The topological polar surface area (TPSA) is 4.93 Å². The van der Waals surface area contributed by atoms with E-state index in [-0.39, 0.29) is 0 Å². The summed E-state index contributed by atoms with van der Waals surface area (Å²) in [6.07, 6.45) is 0. The van der Waals surface area contributed by atoms with Gasteiger partial charge in [0.2, 0.25) is 0 Å².